The molecule has 1 fully saturated rings. The Balaban J connectivity index is 2.39. The van der Waals surface area contributed by atoms with Crippen LogP contribution in [0.15, 0.2) is 4.99 Å². The predicted molar refractivity (Wildman–Crippen MR) is 42.9 cm³/mol. The van der Waals surface area contributed by atoms with E-state index in [9.17, 15) is 0 Å². The Morgan fingerprint density at radius 1 is 1.60 bits per heavy atom. The quantitative estimate of drug-likeness (QED) is 0.424. The minimum absolute atomic E-state index is 0.656. The normalized spacial score (nSPS) is 20.4. The van der Waals surface area contributed by atoms with Gasteiger partial charge in [0.2, 0.25) is 0 Å². The molecule has 0 aromatic rings. The zero-order valence-electron chi connectivity index (χ0n) is 6.67. The van der Waals surface area contributed by atoms with Gasteiger partial charge in [0.1, 0.15) is 0 Å². The van der Waals surface area contributed by atoms with Crippen LogP contribution >= 0.6 is 0 Å². The van der Waals surface area contributed by atoms with Crippen LogP contribution < -0.4 is 5.73 Å². The first kappa shape index (κ1) is 7.38. The summed E-state index contributed by atoms with van der Waals surface area (Å²) in [5.41, 5.74) is 5.60. The summed E-state index contributed by atoms with van der Waals surface area (Å²) in [5.74, 6) is 0.657. The SMILES string of the molecule is CN=C(N)N(C)C1CCC1. The molecule has 0 aromatic heterocycles. The minimum atomic E-state index is 0.656. The molecule has 10 heavy (non-hydrogen) atoms. The molecule has 0 unspecified atom stereocenters. The van der Waals surface area contributed by atoms with E-state index in [4.69, 9.17) is 5.73 Å². The van der Waals surface area contributed by atoms with Crippen molar-refractivity contribution in [3.05, 3.63) is 0 Å². The summed E-state index contributed by atoms with van der Waals surface area (Å²) in [4.78, 5) is 5.97. The molecule has 0 radical (unpaired) electrons. The van der Waals surface area contributed by atoms with Crippen molar-refractivity contribution in [3.8, 4) is 0 Å². The van der Waals surface area contributed by atoms with Crippen molar-refractivity contribution in [1.29, 1.82) is 0 Å². The summed E-state index contributed by atoms with van der Waals surface area (Å²) in [6, 6.07) is 0.656. The molecule has 3 heteroatoms. The van der Waals surface area contributed by atoms with Crippen molar-refractivity contribution in [2.75, 3.05) is 14.1 Å². The lowest BCUT2D eigenvalue weighted by Crippen LogP contribution is -2.45. The second-order valence-corrected chi connectivity index (χ2v) is 2.78. The molecule has 0 bridgehead atoms. The summed E-state index contributed by atoms with van der Waals surface area (Å²) in [6.45, 7) is 0. The van der Waals surface area contributed by atoms with Gasteiger partial charge in [0.25, 0.3) is 0 Å². The molecule has 0 aromatic carbocycles. The number of nitrogens with zero attached hydrogens (tertiary/aromatic N) is 2. The monoisotopic (exact) mass is 141 g/mol. The highest BCUT2D eigenvalue weighted by Gasteiger charge is 2.22. The third kappa shape index (κ3) is 1.23. The van der Waals surface area contributed by atoms with Gasteiger partial charge in [-0.1, -0.05) is 0 Å². The topological polar surface area (TPSA) is 41.6 Å². The Morgan fingerprint density at radius 2 is 2.20 bits per heavy atom. The molecule has 1 aliphatic rings. The highest BCUT2D eigenvalue weighted by Crippen LogP contribution is 2.22. The average Bonchev–Trinajstić information content (AvgIpc) is 1.82. The molecule has 1 saturated carbocycles. The van der Waals surface area contributed by atoms with Crippen molar-refractivity contribution >= 4 is 5.96 Å². The van der Waals surface area contributed by atoms with Crippen molar-refractivity contribution in [1.82, 2.24) is 4.90 Å². The molecule has 0 atom stereocenters. The molecule has 0 heterocycles. The van der Waals surface area contributed by atoms with Gasteiger partial charge in [-0.05, 0) is 19.3 Å². The molecule has 1 aliphatic carbocycles. The fourth-order valence-corrected chi connectivity index (χ4v) is 1.12. The Labute approximate surface area is 61.9 Å². The molecule has 0 aliphatic heterocycles. The van der Waals surface area contributed by atoms with Crippen LogP contribution in [0.25, 0.3) is 0 Å². The van der Waals surface area contributed by atoms with Crippen LogP contribution in [-0.2, 0) is 0 Å². The summed E-state index contributed by atoms with van der Waals surface area (Å²) >= 11 is 0. The predicted octanol–water partition coefficient (Wildman–Crippen LogP) is 0.415. The number of hydrogen-bond acceptors (Lipinski definition) is 1. The fraction of sp³-hybridized carbons (Fsp3) is 0.857. The molecule has 0 saturated heterocycles. The lowest BCUT2D eigenvalue weighted by atomic mass is 9.92. The van der Waals surface area contributed by atoms with Gasteiger partial charge in [0, 0.05) is 20.1 Å². The maximum absolute atomic E-state index is 5.60. The van der Waals surface area contributed by atoms with Crippen LogP contribution in [0, 0.1) is 0 Å². The third-order valence-electron chi connectivity index (χ3n) is 2.21. The largest absolute Gasteiger partial charge is 0.370 e. The van der Waals surface area contributed by atoms with E-state index in [0.717, 1.165) is 0 Å². The molecule has 3 nitrogen and oxygen atoms in total. The Hall–Kier alpha value is -0.730. The van der Waals surface area contributed by atoms with Crippen LogP contribution in [0.1, 0.15) is 19.3 Å². The van der Waals surface area contributed by atoms with Crippen molar-refractivity contribution < 1.29 is 0 Å². The summed E-state index contributed by atoms with van der Waals surface area (Å²) in [7, 11) is 3.73. The molecule has 2 N–H and O–H groups in total. The fourth-order valence-electron chi connectivity index (χ4n) is 1.12. The van der Waals surface area contributed by atoms with Gasteiger partial charge in [-0.3, -0.25) is 4.99 Å². The molecule has 58 valence electrons. The number of aliphatic imine (C=N–C) groups is 1. The maximum Gasteiger partial charge on any atom is 0.190 e. The van der Waals surface area contributed by atoms with Crippen LogP contribution in [-0.4, -0.2) is 31.0 Å². The number of rotatable bonds is 1. The van der Waals surface area contributed by atoms with Gasteiger partial charge in [0.15, 0.2) is 5.96 Å². The van der Waals surface area contributed by atoms with E-state index in [1.54, 1.807) is 7.05 Å². The number of guanidine groups is 1. The second-order valence-electron chi connectivity index (χ2n) is 2.78. The van der Waals surface area contributed by atoms with E-state index in [1.165, 1.54) is 19.3 Å². The zero-order chi connectivity index (χ0) is 7.56. The van der Waals surface area contributed by atoms with E-state index in [0.29, 0.717) is 12.0 Å². The second kappa shape index (κ2) is 2.90. The van der Waals surface area contributed by atoms with Gasteiger partial charge in [0.05, 0.1) is 0 Å². The molecular formula is C7H15N3. The van der Waals surface area contributed by atoms with Crippen molar-refractivity contribution in [3.63, 3.8) is 0 Å². The van der Waals surface area contributed by atoms with E-state index in [-0.39, 0.29) is 0 Å². The Morgan fingerprint density at radius 3 is 2.50 bits per heavy atom. The third-order valence-corrected chi connectivity index (χ3v) is 2.21. The van der Waals surface area contributed by atoms with Gasteiger partial charge >= 0.3 is 0 Å². The zero-order valence-corrected chi connectivity index (χ0v) is 6.67. The van der Waals surface area contributed by atoms with E-state index in [2.05, 4.69) is 9.89 Å². The molecule has 0 spiro atoms. The molecule has 0 amide bonds. The van der Waals surface area contributed by atoms with Crippen LogP contribution in [0.2, 0.25) is 0 Å². The lowest BCUT2D eigenvalue weighted by molar-refractivity contribution is 0.238. The highest BCUT2D eigenvalue weighted by atomic mass is 15.3. The van der Waals surface area contributed by atoms with Gasteiger partial charge < -0.3 is 10.6 Å². The van der Waals surface area contributed by atoms with Gasteiger partial charge in [-0.2, -0.15) is 0 Å². The molecular weight excluding hydrogens is 126 g/mol. The number of nitrogens with two attached hydrogens (primary N) is 1. The highest BCUT2D eigenvalue weighted by molar-refractivity contribution is 5.78. The van der Waals surface area contributed by atoms with Crippen molar-refractivity contribution in [2.45, 2.75) is 25.3 Å². The van der Waals surface area contributed by atoms with Gasteiger partial charge in [-0.15, -0.1) is 0 Å². The Bertz CT molecular complexity index is 138. The van der Waals surface area contributed by atoms with Crippen molar-refractivity contribution in [2.24, 2.45) is 10.7 Å². The first-order chi connectivity index (χ1) is 4.75. The Kier molecular flexibility index (Phi) is 2.14. The first-order valence-corrected chi connectivity index (χ1v) is 3.71. The van der Waals surface area contributed by atoms with Crippen LogP contribution in [0.4, 0.5) is 0 Å². The summed E-state index contributed by atoms with van der Waals surface area (Å²) < 4.78 is 0. The standard InChI is InChI=1S/C7H15N3/c1-9-7(8)10(2)6-4-3-5-6/h6H,3-5H2,1-2H3,(H2,8,9). The first-order valence-electron chi connectivity index (χ1n) is 3.71. The summed E-state index contributed by atoms with van der Waals surface area (Å²) in [5, 5.41) is 0. The average molecular weight is 141 g/mol. The van der Waals surface area contributed by atoms with E-state index in [1.807, 2.05) is 7.05 Å². The van der Waals surface area contributed by atoms with Gasteiger partial charge in [-0.25, -0.2) is 0 Å². The lowest BCUT2D eigenvalue weighted by Gasteiger charge is -2.35. The molecule has 1 rings (SSSR count). The minimum Gasteiger partial charge on any atom is -0.370 e. The number of hydrogen-bond donors (Lipinski definition) is 1. The van der Waals surface area contributed by atoms with Crippen LogP contribution in [0.3, 0.4) is 0 Å². The van der Waals surface area contributed by atoms with E-state index >= 15 is 0 Å². The van der Waals surface area contributed by atoms with Crippen LogP contribution in [0.5, 0.6) is 0 Å². The van der Waals surface area contributed by atoms with E-state index < -0.39 is 0 Å². The smallest absolute Gasteiger partial charge is 0.190 e. The maximum atomic E-state index is 5.60. The summed E-state index contributed by atoms with van der Waals surface area (Å²) in [6.07, 6.45) is 3.88.